The highest BCUT2D eigenvalue weighted by Gasteiger charge is 1.97. The average molecular weight is 310 g/mol. The maximum atomic E-state index is 3.48. The largest absolute Gasteiger partial charge is 0.312 e. The molecule has 0 saturated carbocycles. The van der Waals surface area contributed by atoms with Gasteiger partial charge in [0, 0.05) is 11.4 Å². The Kier molecular flexibility index (Phi) is 4.77. The molecule has 0 amide bonds. The van der Waals surface area contributed by atoms with Crippen molar-refractivity contribution in [2.24, 2.45) is 0 Å². The van der Waals surface area contributed by atoms with E-state index in [9.17, 15) is 0 Å². The highest BCUT2D eigenvalue weighted by Crippen LogP contribution is 2.21. The third-order valence-electron chi connectivity index (χ3n) is 2.60. The second kappa shape index (κ2) is 6.34. The maximum Gasteiger partial charge on any atom is 0.0701 e. The van der Waals surface area contributed by atoms with Gasteiger partial charge in [0.1, 0.15) is 0 Å². The molecule has 17 heavy (non-hydrogen) atoms. The van der Waals surface area contributed by atoms with E-state index in [1.807, 2.05) is 0 Å². The van der Waals surface area contributed by atoms with Crippen LogP contribution in [0.25, 0.3) is 0 Å². The molecule has 1 aromatic carbocycles. The van der Waals surface area contributed by atoms with Crippen molar-refractivity contribution in [3.8, 4) is 0 Å². The van der Waals surface area contributed by atoms with Gasteiger partial charge < -0.3 is 5.32 Å². The van der Waals surface area contributed by atoms with Crippen LogP contribution in [0, 0.1) is 6.92 Å². The Morgan fingerprint density at radius 2 is 2.12 bits per heavy atom. The van der Waals surface area contributed by atoms with Crippen molar-refractivity contribution in [1.29, 1.82) is 0 Å². The van der Waals surface area contributed by atoms with E-state index in [0.29, 0.717) is 0 Å². The number of rotatable bonds is 5. The van der Waals surface area contributed by atoms with Gasteiger partial charge in [0.15, 0.2) is 0 Å². The van der Waals surface area contributed by atoms with E-state index in [4.69, 9.17) is 0 Å². The number of thiophene rings is 1. The smallest absolute Gasteiger partial charge is 0.0701 e. The summed E-state index contributed by atoms with van der Waals surface area (Å²) in [6.45, 7) is 4.13. The summed E-state index contributed by atoms with van der Waals surface area (Å²) in [4.78, 5) is 1.38. The Morgan fingerprint density at radius 3 is 2.82 bits per heavy atom. The molecule has 0 fully saturated rings. The summed E-state index contributed by atoms with van der Waals surface area (Å²) < 4.78 is 1.20. The molecule has 90 valence electrons. The summed E-state index contributed by atoms with van der Waals surface area (Å²) in [7, 11) is 0. The summed E-state index contributed by atoms with van der Waals surface area (Å²) in [5, 5.41) is 3.47. The van der Waals surface area contributed by atoms with Crippen LogP contribution in [-0.2, 0) is 13.0 Å². The third kappa shape index (κ3) is 4.26. The Hall–Kier alpha value is -0.640. The fourth-order valence-electron chi connectivity index (χ4n) is 1.76. The van der Waals surface area contributed by atoms with Crippen LogP contribution in [0.4, 0.5) is 0 Å². The molecule has 0 bridgehead atoms. The van der Waals surface area contributed by atoms with Crippen molar-refractivity contribution in [1.82, 2.24) is 5.32 Å². The van der Waals surface area contributed by atoms with Crippen molar-refractivity contribution in [2.45, 2.75) is 19.9 Å². The lowest BCUT2D eigenvalue weighted by molar-refractivity contribution is 0.693. The van der Waals surface area contributed by atoms with Crippen molar-refractivity contribution >= 4 is 27.3 Å². The highest BCUT2D eigenvalue weighted by atomic mass is 79.9. The third-order valence-corrected chi connectivity index (χ3v) is 4.22. The first-order chi connectivity index (χ1) is 8.24. The van der Waals surface area contributed by atoms with Gasteiger partial charge in [0.05, 0.1) is 3.79 Å². The zero-order valence-electron chi connectivity index (χ0n) is 9.87. The Bertz CT molecular complexity index is 479. The topological polar surface area (TPSA) is 12.0 Å². The maximum absolute atomic E-state index is 3.48. The van der Waals surface area contributed by atoms with E-state index >= 15 is 0 Å². The molecule has 2 rings (SSSR count). The number of hydrogen-bond acceptors (Lipinski definition) is 2. The molecule has 2 aromatic rings. The van der Waals surface area contributed by atoms with Gasteiger partial charge in [-0.05, 0) is 53.5 Å². The minimum atomic E-state index is 0.960. The Morgan fingerprint density at radius 1 is 1.24 bits per heavy atom. The molecule has 1 N–H and O–H groups in total. The van der Waals surface area contributed by atoms with Gasteiger partial charge in [-0.3, -0.25) is 0 Å². The van der Waals surface area contributed by atoms with Crippen molar-refractivity contribution in [3.63, 3.8) is 0 Å². The molecule has 0 aliphatic rings. The van der Waals surface area contributed by atoms with E-state index in [0.717, 1.165) is 19.5 Å². The van der Waals surface area contributed by atoms with Gasteiger partial charge >= 0.3 is 0 Å². The van der Waals surface area contributed by atoms with E-state index in [2.05, 4.69) is 64.6 Å². The van der Waals surface area contributed by atoms with Gasteiger partial charge in [-0.15, -0.1) is 11.3 Å². The second-order valence-corrected chi connectivity index (χ2v) is 6.67. The molecule has 1 nitrogen and oxygen atoms in total. The molecule has 1 aromatic heterocycles. The Balaban J connectivity index is 1.73. The standard InChI is InChI=1S/C14H16BrNS/c1-11-3-2-4-12(9-11)7-8-16-10-13-5-6-14(15)17-13/h2-6,9,16H,7-8,10H2,1H3. The van der Waals surface area contributed by atoms with Crippen molar-refractivity contribution < 1.29 is 0 Å². The number of aryl methyl sites for hydroxylation is 1. The molecule has 1 heterocycles. The van der Waals surface area contributed by atoms with Crippen molar-refractivity contribution in [3.05, 3.63) is 56.2 Å². The van der Waals surface area contributed by atoms with Crippen LogP contribution in [0.15, 0.2) is 40.2 Å². The minimum Gasteiger partial charge on any atom is -0.312 e. The van der Waals surface area contributed by atoms with Crippen LogP contribution >= 0.6 is 27.3 Å². The molecule has 0 saturated heterocycles. The van der Waals surface area contributed by atoms with Crippen LogP contribution in [0.3, 0.4) is 0 Å². The van der Waals surface area contributed by atoms with Crippen LogP contribution in [0.5, 0.6) is 0 Å². The summed E-state index contributed by atoms with van der Waals surface area (Å²) in [5.41, 5.74) is 2.74. The van der Waals surface area contributed by atoms with E-state index in [1.54, 1.807) is 11.3 Å². The summed E-state index contributed by atoms with van der Waals surface area (Å²) in [6, 6.07) is 13.0. The lowest BCUT2D eigenvalue weighted by Crippen LogP contribution is -2.15. The van der Waals surface area contributed by atoms with E-state index < -0.39 is 0 Å². The molecule has 0 atom stereocenters. The predicted molar refractivity (Wildman–Crippen MR) is 78.6 cm³/mol. The summed E-state index contributed by atoms with van der Waals surface area (Å²) >= 11 is 5.27. The first kappa shape index (κ1) is 12.8. The fourth-order valence-corrected chi connectivity index (χ4v) is 3.21. The average Bonchev–Trinajstić information content (AvgIpc) is 2.71. The molecular formula is C14H16BrNS. The highest BCUT2D eigenvalue weighted by molar-refractivity contribution is 9.11. The monoisotopic (exact) mass is 309 g/mol. The molecule has 0 aliphatic carbocycles. The van der Waals surface area contributed by atoms with Gasteiger partial charge in [0.2, 0.25) is 0 Å². The molecule has 0 unspecified atom stereocenters. The molecule has 3 heteroatoms. The van der Waals surface area contributed by atoms with E-state index in [-0.39, 0.29) is 0 Å². The van der Waals surface area contributed by atoms with Gasteiger partial charge in [-0.2, -0.15) is 0 Å². The van der Waals surface area contributed by atoms with Gasteiger partial charge in [0.25, 0.3) is 0 Å². The predicted octanol–water partition coefficient (Wildman–Crippen LogP) is 4.15. The number of benzene rings is 1. The van der Waals surface area contributed by atoms with Crippen LogP contribution in [0.1, 0.15) is 16.0 Å². The molecule has 0 spiro atoms. The molecule has 0 radical (unpaired) electrons. The minimum absolute atomic E-state index is 0.960. The SMILES string of the molecule is Cc1cccc(CCNCc2ccc(Br)s2)c1. The lowest BCUT2D eigenvalue weighted by Gasteiger charge is -2.04. The number of hydrogen-bond donors (Lipinski definition) is 1. The van der Waals surface area contributed by atoms with Crippen LogP contribution in [-0.4, -0.2) is 6.54 Å². The summed E-state index contributed by atoms with van der Waals surface area (Å²) in [5.74, 6) is 0. The lowest BCUT2D eigenvalue weighted by atomic mass is 10.1. The van der Waals surface area contributed by atoms with E-state index in [1.165, 1.54) is 19.8 Å². The van der Waals surface area contributed by atoms with Crippen LogP contribution in [0.2, 0.25) is 0 Å². The number of nitrogens with one attached hydrogen (secondary N) is 1. The quantitative estimate of drug-likeness (QED) is 0.818. The Labute approximate surface area is 115 Å². The van der Waals surface area contributed by atoms with Gasteiger partial charge in [-0.1, -0.05) is 29.8 Å². The first-order valence-corrected chi connectivity index (χ1v) is 7.35. The molecular weight excluding hydrogens is 294 g/mol. The summed E-state index contributed by atoms with van der Waals surface area (Å²) in [6.07, 6.45) is 1.09. The first-order valence-electron chi connectivity index (χ1n) is 5.74. The second-order valence-electron chi connectivity index (χ2n) is 4.12. The normalized spacial score (nSPS) is 10.7. The fraction of sp³-hybridized carbons (Fsp3) is 0.286. The molecule has 0 aliphatic heterocycles. The zero-order chi connectivity index (χ0) is 12.1. The van der Waals surface area contributed by atoms with Crippen molar-refractivity contribution in [2.75, 3.05) is 6.54 Å². The zero-order valence-corrected chi connectivity index (χ0v) is 12.3. The van der Waals surface area contributed by atoms with Crippen LogP contribution < -0.4 is 5.32 Å². The van der Waals surface area contributed by atoms with Gasteiger partial charge in [-0.25, -0.2) is 0 Å². The number of halogens is 1.